The summed E-state index contributed by atoms with van der Waals surface area (Å²) < 4.78 is 37.0. The monoisotopic (exact) mass is 282 g/mol. The maximum atomic E-state index is 12.0. The van der Waals surface area contributed by atoms with Gasteiger partial charge in [-0.05, 0) is 18.2 Å². The molecule has 0 aliphatic carbocycles. The molecule has 0 radical (unpaired) electrons. The van der Waals surface area contributed by atoms with E-state index in [-0.39, 0.29) is 17.5 Å². The highest BCUT2D eigenvalue weighted by molar-refractivity contribution is 7.89. The summed E-state index contributed by atoms with van der Waals surface area (Å²) >= 11 is 0. The summed E-state index contributed by atoms with van der Waals surface area (Å²) in [6.07, 6.45) is -0.275. The maximum Gasteiger partial charge on any atom is 0.240 e. The normalized spacial score (nSPS) is 19.8. The zero-order chi connectivity index (χ0) is 13.7. The third kappa shape index (κ3) is 3.75. The van der Waals surface area contributed by atoms with Crippen molar-refractivity contribution in [2.45, 2.75) is 11.0 Å². The molecule has 1 saturated heterocycles. The first-order valence-corrected chi connectivity index (χ1v) is 7.29. The molecule has 2 rings (SSSR count). The Morgan fingerprint density at radius 1 is 1.42 bits per heavy atom. The molecule has 102 valence electrons. The molecule has 1 atom stereocenters. The zero-order valence-corrected chi connectivity index (χ0v) is 11.0. The van der Waals surface area contributed by atoms with Crippen LogP contribution in [0.2, 0.25) is 0 Å². The number of nitrogens with zero attached hydrogens (tertiary/aromatic N) is 1. The fourth-order valence-corrected chi connectivity index (χ4v) is 2.79. The van der Waals surface area contributed by atoms with E-state index in [4.69, 9.17) is 14.7 Å². The van der Waals surface area contributed by atoms with E-state index in [9.17, 15) is 8.42 Å². The van der Waals surface area contributed by atoms with Crippen molar-refractivity contribution >= 4 is 10.0 Å². The summed E-state index contributed by atoms with van der Waals surface area (Å²) in [5, 5.41) is 8.76. The van der Waals surface area contributed by atoms with Crippen molar-refractivity contribution in [2.75, 3.05) is 26.4 Å². The Morgan fingerprint density at radius 3 is 2.95 bits per heavy atom. The van der Waals surface area contributed by atoms with Crippen molar-refractivity contribution in [3.05, 3.63) is 29.8 Å². The lowest BCUT2D eigenvalue weighted by Crippen LogP contribution is -2.39. The molecule has 1 aromatic carbocycles. The minimum Gasteiger partial charge on any atom is -0.376 e. The Morgan fingerprint density at radius 2 is 2.26 bits per heavy atom. The van der Waals surface area contributed by atoms with Crippen LogP contribution in [0, 0.1) is 11.3 Å². The van der Waals surface area contributed by atoms with Gasteiger partial charge in [0.15, 0.2) is 0 Å². The van der Waals surface area contributed by atoms with E-state index < -0.39 is 10.0 Å². The molecule has 0 bridgehead atoms. The van der Waals surface area contributed by atoms with Crippen LogP contribution < -0.4 is 4.72 Å². The van der Waals surface area contributed by atoms with E-state index in [0.29, 0.717) is 25.4 Å². The van der Waals surface area contributed by atoms with Gasteiger partial charge in [-0.3, -0.25) is 0 Å². The topological polar surface area (TPSA) is 88.4 Å². The summed E-state index contributed by atoms with van der Waals surface area (Å²) in [6.45, 7) is 1.53. The van der Waals surface area contributed by atoms with E-state index in [0.717, 1.165) is 0 Å². The number of benzene rings is 1. The van der Waals surface area contributed by atoms with Crippen LogP contribution in [0.25, 0.3) is 0 Å². The highest BCUT2D eigenvalue weighted by atomic mass is 32.2. The van der Waals surface area contributed by atoms with E-state index in [1.807, 2.05) is 6.07 Å². The molecule has 1 aliphatic rings. The Bertz CT molecular complexity index is 574. The van der Waals surface area contributed by atoms with Crippen LogP contribution in [0.5, 0.6) is 0 Å². The lowest BCUT2D eigenvalue weighted by molar-refractivity contribution is -0.0846. The first kappa shape index (κ1) is 14.0. The van der Waals surface area contributed by atoms with Crippen molar-refractivity contribution < 1.29 is 17.9 Å². The van der Waals surface area contributed by atoms with Crippen LogP contribution in [0.3, 0.4) is 0 Å². The van der Waals surface area contributed by atoms with E-state index in [2.05, 4.69) is 4.72 Å². The molecule has 0 spiro atoms. The summed E-state index contributed by atoms with van der Waals surface area (Å²) in [5.41, 5.74) is 0.306. The summed E-state index contributed by atoms with van der Waals surface area (Å²) in [4.78, 5) is 0.0725. The second kappa shape index (κ2) is 6.12. The van der Waals surface area contributed by atoms with Crippen molar-refractivity contribution in [3.8, 4) is 6.07 Å². The lowest BCUT2D eigenvalue weighted by Gasteiger charge is -2.23. The molecule has 1 unspecified atom stereocenters. The Balaban J connectivity index is 2.03. The largest absolute Gasteiger partial charge is 0.376 e. The average Bonchev–Trinajstić information content (AvgIpc) is 2.46. The number of nitriles is 1. The number of rotatable bonds is 4. The molecule has 0 aromatic heterocycles. The minimum atomic E-state index is -3.63. The second-order valence-corrected chi connectivity index (χ2v) is 5.83. The lowest BCUT2D eigenvalue weighted by atomic mass is 10.2. The van der Waals surface area contributed by atoms with Crippen LogP contribution >= 0.6 is 0 Å². The first-order valence-electron chi connectivity index (χ1n) is 5.81. The van der Waals surface area contributed by atoms with Crippen LogP contribution in [0.15, 0.2) is 29.2 Å². The van der Waals surface area contributed by atoms with Crippen molar-refractivity contribution in [2.24, 2.45) is 0 Å². The van der Waals surface area contributed by atoms with Gasteiger partial charge in [0.25, 0.3) is 0 Å². The molecule has 19 heavy (non-hydrogen) atoms. The second-order valence-electron chi connectivity index (χ2n) is 4.06. The van der Waals surface area contributed by atoms with Gasteiger partial charge in [-0.15, -0.1) is 0 Å². The van der Waals surface area contributed by atoms with Crippen LogP contribution in [0.1, 0.15) is 5.56 Å². The number of hydrogen-bond acceptors (Lipinski definition) is 5. The van der Waals surface area contributed by atoms with Gasteiger partial charge in [-0.25, -0.2) is 13.1 Å². The van der Waals surface area contributed by atoms with Gasteiger partial charge in [0.1, 0.15) is 0 Å². The zero-order valence-electron chi connectivity index (χ0n) is 10.2. The maximum absolute atomic E-state index is 12.0. The molecule has 1 heterocycles. The first-order chi connectivity index (χ1) is 9.12. The third-order valence-electron chi connectivity index (χ3n) is 2.66. The number of hydrogen-bond donors (Lipinski definition) is 1. The molecule has 0 saturated carbocycles. The molecular weight excluding hydrogens is 268 g/mol. The Kier molecular flexibility index (Phi) is 4.50. The van der Waals surface area contributed by atoms with Crippen molar-refractivity contribution in [1.29, 1.82) is 5.26 Å². The van der Waals surface area contributed by atoms with Gasteiger partial charge in [-0.1, -0.05) is 6.07 Å². The van der Waals surface area contributed by atoms with Gasteiger partial charge in [-0.2, -0.15) is 5.26 Å². The van der Waals surface area contributed by atoms with Gasteiger partial charge in [0.05, 0.1) is 42.5 Å². The van der Waals surface area contributed by atoms with Gasteiger partial charge in [0.2, 0.25) is 10.0 Å². The van der Waals surface area contributed by atoms with E-state index >= 15 is 0 Å². The summed E-state index contributed by atoms with van der Waals surface area (Å²) in [5.74, 6) is 0. The van der Waals surface area contributed by atoms with Crippen molar-refractivity contribution in [1.82, 2.24) is 4.72 Å². The molecule has 6 nitrogen and oxygen atoms in total. The molecule has 1 fully saturated rings. The number of sulfonamides is 1. The van der Waals surface area contributed by atoms with E-state index in [1.165, 1.54) is 18.2 Å². The molecule has 1 aromatic rings. The standard InChI is InChI=1S/C12H14N2O4S/c13-7-10-2-1-3-12(6-10)19(15,16)14-8-11-9-17-4-5-18-11/h1-3,6,11,14H,4-5,8-9H2. The Hall–Kier alpha value is -1.46. The number of nitrogens with one attached hydrogen (secondary N) is 1. The highest BCUT2D eigenvalue weighted by Gasteiger charge is 2.19. The molecule has 1 N–H and O–H groups in total. The average molecular weight is 282 g/mol. The SMILES string of the molecule is N#Cc1cccc(S(=O)(=O)NCC2COCCO2)c1. The fraction of sp³-hybridized carbons (Fsp3) is 0.417. The predicted octanol–water partition coefficient (Wildman–Crippen LogP) is 0.252. The Labute approximate surface area is 112 Å². The van der Waals surface area contributed by atoms with Crippen LogP contribution in [0.4, 0.5) is 0 Å². The molecule has 1 aliphatic heterocycles. The summed E-state index contributed by atoms with van der Waals surface area (Å²) in [7, 11) is -3.63. The quantitative estimate of drug-likeness (QED) is 0.855. The fourth-order valence-electron chi connectivity index (χ4n) is 1.67. The summed E-state index contributed by atoms with van der Waals surface area (Å²) in [6, 6.07) is 7.78. The van der Waals surface area contributed by atoms with Gasteiger partial charge >= 0.3 is 0 Å². The van der Waals surface area contributed by atoms with Gasteiger partial charge < -0.3 is 9.47 Å². The third-order valence-corrected chi connectivity index (χ3v) is 4.08. The minimum absolute atomic E-state index is 0.0725. The molecular formula is C12H14N2O4S. The van der Waals surface area contributed by atoms with Crippen LogP contribution in [-0.2, 0) is 19.5 Å². The van der Waals surface area contributed by atoms with E-state index in [1.54, 1.807) is 6.07 Å². The van der Waals surface area contributed by atoms with Crippen molar-refractivity contribution in [3.63, 3.8) is 0 Å². The molecule has 7 heteroatoms. The van der Waals surface area contributed by atoms with Crippen LogP contribution in [-0.4, -0.2) is 40.9 Å². The molecule has 0 amide bonds. The predicted molar refractivity (Wildman–Crippen MR) is 66.9 cm³/mol. The highest BCUT2D eigenvalue weighted by Crippen LogP contribution is 2.11. The smallest absolute Gasteiger partial charge is 0.240 e. The number of ether oxygens (including phenoxy) is 2. The van der Waals surface area contributed by atoms with Gasteiger partial charge in [0, 0.05) is 6.54 Å².